The minimum absolute atomic E-state index is 0.457. The third-order valence-corrected chi connectivity index (χ3v) is 2.70. The average molecular weight is 203 g/mol. The molecule has 0 N–H and O–H groups in total. The molecule has 0 atom stereocenters. The molecule has 1 radical (unpaired) electrons. The van der Waals surface area contributed by atoms with Gasteiger partial charge in [-0.15, -0.1) is 11.3 Å². The van der Waals surface area contributed by atoms with Crippen molar-refractivity contribution in [3.05, 3.63) is 35.5 Å². The van der Waals surface area contributed by atoms with Crippen LogP contribution in [0.15, 0.2) is 24.4 Å². The normalized spacial score (nSPS) is 10.8. The molecule has 0 aliphatic heterocycles. The van der Waals surface area contributed by atoms with Gasteiger partial charge in [-0.3, -0.25) is 4.98 Å². The number of pyridine rings is 1. The summed E-state index contributed by atoms with van der Waals surface area (Å²) in [7, 11) is 0. The highest BCUT2D eigenvalue weighted by molar-refractivity contribution is 7.12. The van der Waals surface area contributed by atoms with Crippen LogP contribution in [0.5, 0.6) is 0 Å². The smallest absolute Gasteiger partial charge is 0.142 e. The Kier molecular flexibility index (Phi) is 2.59. The lowest BCUT2D eigenvalue weighted by atomic mass is 10.1. The van der Waals surface area contributed by atoms with Crippen LogP contribution >= 0.6 is 11.3 Å². The fraction of sp³-hybridized carbons (Fsp3) is 0.273. The number of thiazole rings is 1. The van der Waals surface area contributed by atoms with Gasteiger partial charge in [0, 0.05) is 11.9 Å². The molecule has 2 heterocycles. The minimum atomic E-state index is 0.457. The van der Waals surface area contributed by atoms with E-state index in [1.165, 1.54) is 11.3 Å². The number of aromatic nitrogens is 2. The van der Waals surface area contributed by atoms with Gasteiger partial charge < -0.3 is 0 Å². The second-order valence-electron chi connectivity index (χ2n) is 3.39. The van der Waals surface area contributed by atoms with Crippen molar-refractivity contribution in [1.82, 2.24) is 9.97 Å². The van der Waals surface area contributed by atoms with E-state index in [9.17, 15) is 0 Å². The molecule has 0 spiro atoms. The highest BCUT2D eigenvalue weighted by atomic mass is 32.1. The topological polar surface area (TPSA) is 25.8 Å². The molecule has 0 unspecified atom stereocenters. The van der Waals surface area contributed by atoms with Crippen molar-refractivity contribution in [2.24, 2.45) is 0 Å². The van der Waals surface area contributed by atoms with Crippen molar-refractivity contribution in [1.29, 1.82) is 0 Å². The summed E-state index contributed by atoms with van der Waals surface area (Å²) in [6.45, 7) is 4.28. The monoisotopic (exact) mass is 203 g/mol. The third-order valence-electron chi connectivity index (χ3n) is 1.97. The van der Waals surface area contributed by atoms with E-state index in [2.05, 4.69) is 29.2 Å². The molecule has 0 amide bonds. The number of rotatable bonds is 2. The zero-order valence-electron chi connectivity index (χ0n) is 8.19. The van der Waals surface area contributed by atoms with Crippen molar-refractivity contribution in [3.8, 4) is 10.7 Å². The second-order valence-corrected chi connectivity index (χ2v) is 4.21. The first-order chi connectivity index (χ1) is 6.77. The molecule has 0 saturated heterocycles. The Hall–Kier alpha value is -1.22. The van der Waals surface area contributed by atoms with Gasteiger partial charge in [-0.05, 0) is 18.1 Å². The fourth-order valence-electron chi connectivity index (χ4n) is 1.20. The molecule has 0 aliphatic rings. The maximum absolute atomic E-state index is 4.54. The van der Waals surface area contributed by atoms with Crippen molar-refractivity contribution in [3.63, 3.8) is 0 Å². The van der Waals surface area contributed by atoms with Crippen molar-refractivity contribution >= 4 is 11.3 Å². The maximum atomic E-state index is 4.54. The quantitative estimate of drug-likeness (QED) is 0.749. The molecule has 2 aromatic heterocycles. The van der Waals surface area contributed by atoms with Crippen LogP contribution in [0, 0.1) is 5.38 Å². The van der Waals surface area contributed by atoms with Crippen LogP contribution in [0.2, 0.25) is 0 Å². The standard InChI is InChI=1S/C11H11N2S/c1-8(2)9-4-3-5-10(13-9)11-12-6-7-14-11/h3-6,8H,1-2H3. The Morgan fingerprint density at radius 1 is 1.36 bits per heavy atom. The molecule has 0 aromatic carbocycles. The van der Waals surface area contributed by atoms with Crippen molar-refractivity contribution < 1.29 is 0 Å². The molecule has 2 aromatic rings. The van der Waals surface area contributed by atoms with Gasteiger partial charge in [-0.25, -0.2) is 4.98 Å². The van der Waals surface area contributed by atoms with Crippen LogP contribution in [0.4, 0.5) is 0 Å². The van der Waals surface area contributed by atoms with Crippen LogP contribution in [-0.2, 0) is 0 Å². The number of nitrogens with zero attached hydrogens (tertiary/aromatic N) is 2. The molecule has 2 rings (SSSR count). The van der Waals surface area contributed by atoms with Crippen LogP contribution < -0.4 is 0 Å². The van der Waals surface area contributed by atoms with Gasteiger partial charge in [0.05, 0.1) is 11.1 Å². The van der Waals surface area contributed by atoms with E-state index in [-0.39, 0.29) is 0 Å². The lowest BCUT2D eigenvalue weighted by Gasteiger charge is -2.04. The van der Waals surface area contributed by atoms with E-state index >= 15 is 0 Å². The third kappa shape index (κ3) is 1.82. The Balaban J connectivity index is 2.41. The van der Waals surface area contributed by atoms with Gasteiger partial charge >= 0.3 is 0 Å². The molecule has 3 heteroatoms. The molecule has 0 saturated carbocycles. The van der Waals surface area contributed by atoms with Crippen molar-refractivity contribution in [2.75, 3.05) is 0 Å². The Morgan fingerprint density at radius 3 is 2.86 bits per heavy atom. The number of hydrogen-bond acceptors (Lipinski definition) is 3. The van der Waals surface area contributed by atoms with Gasteiger partial charge in [0.2, 0.25) is 0 Å². The summed E-state index contributed by atoms with van der Waals surface area (Å²) in [6, 6.07) is 6.06. The van der Waals surface area contributed by atoms with Crippen LogP contribution in [-0.4, -0.2) is 9.97 Å². The summed E-state index contributed by atoms with van der Waals surface area (Å²) >= 11 is 1.50. The number of hydrogen-bond donors (Lipinski definition) is 0. The van der Waals surface area contributed by atoms with Crippen LogP contribution in [0.3, 0.4) is 0 Å². The van der Waals surface area contributed by atoms with Crippen molar-refractivity contribution in [2.45, 2.75) is 19.8 Å². The highest BCUT2D eigenvalue weighted by Crippen LogP contribution is 2.21. The van der Waals surface area contributed by atoms with E-state index in [0.717, 1.165) is 16.4 Å². The molecule has 0 bridgehead atoms. The Morgan fingerprint density at radius 2 is 2.21 bits per heavy atom. The molecule has 2 nitrogen and oxygen atoms in total. The summed E-state index contributed by atoms with van der Waals surface area (Å²) in [5.41, 5.74) is 2.06. The fourth-order valence-corrected chi connectivity index (χ4v) is 1.74. The highest BCUT2D eigenvalue weighted by Gasteiger charge is 2.05. The zero-order valence-corrected chi connectivity index (χ0v) is 9.01. The lowest BCUT2D eigenvalue weighted by molar-refractivity contribution is 0.824. The zero-order chi connectivity index (χ0) is 9.97. The van der Waals surface area contributed by atoms with E-state index in [0.29, 0.717) is 5.92 Å². The second kappa shape index (κ2) is 3.88. The first-order valence-corrected chi connectivity index (χ1v) is 5.38. The summed E-state index contributed by atoms with van der Waals surface area (Å²) in [5.74, 6) is 0.457. The Bertz CT molecular complexity index is 407. The van der Waals surface area contributed by atoms with Gasteiger partial charge in [-0.2, -0.15) is 0 Å². The van der Waals surface area contributed by atoms with Gasteiger partial charge in [0.25, 0.3) is 0 Å². The first-order valence-electron chi connectivity index (χ1n) is 4.56. The Labute approximate surface area is 87.7 Å². The summed E-state index contributed by atoms with van der Waals surface area (Å²) in [5, 5.41) is 3.90. The lowest BCUT2D eigenvalue weighted by Crippen LogP contribution is -1.93. The molecule has 71 valence electrons. The largest absolute Gasteiger partial charge is 0.250 e. The molecular weight excluding hydrogens is 192 g/mol. The van der Waals surface area contributed by atoms with Crippen LogP contribution in [0.1, 0.15) is 25.5 Å². The molecule has 0 fully saturated rings. The van der Waals surface area contributed by atoms with E-state index in [4.69, 9.17) is 0 Å². The SMILES string of the molecule is CC(C)c1cccc(-c2nc[c]s2)n1. The van der Waals surface area contributed by atoms with Gasteiger partial charge in [-0.1, -0.05) is 19.9 Å². The first kappa shape index (κ1) is 9.34. The molecule has 0 aliphatic carbocycles. The molecule has 14 heavy (non-hydrogen) atoms. The van der Waals surface area contributed by atoms with Gasteiger partial charge in [0.1, 0.15) is 5.01 Å². The minimum Gasteiger partial charge on any atom is -0.250 e. The van der Waals surface area contributed by atoms with E-state index in [1.807, 2.05) is 18.2 Å². The predicted octanol–water partition coefficient (Wildman–Crippen LogP) is 3.13. The predicted molar refractivity (Wildman–Crippen MR) is 58.3 cm³/mol. The molecular formula is C11H11N2S. The van der Waals surface area contributed by atoms with E-state index in [1.54, 1.807) is 6.20 Å². The van der Waals surface area contributed by atoms with E-state index < -0.39 is 0 Å². The average Bonchev–Trinajstić information content (AvgIpc) is 2.71. The summed E-state index contributed by atoms with van der Waals surface area (Å²) in [6.07, 6.45) is 1.68. The summed E-state index contributed by atoms with van der Waals surface area (Å²) < 4.78 is 0. The maximum Gasteiger partial charge on any atom is 0.142 e. The van der Waals surface area contributed by atoms with Gasteiger partial charge in [0.15, 0.2) is 0 Å². The summed E-state index contributed by atoms with van der Waals surface area (Å²) in [4.78, 5) is 8.73. The van der Waals surface area contributed by atoms with Crippen LogP contribution in [0.25, 0.3) is 10.7 Å².